The third-order valence-corrected chi connectivity index (χ3v) is 5.01. The average molecular weight is 476 g/mol. The highest BCUT2D eigenvalue weighted by Gasteiger charge is 2.15. The van der Waals surface area contributed by atoms with Crippen LogP contribution >= 0.6 is 24.0 Å². The van der Waals surface area contributed by atoms with Gasteiger partial charge in [-0.2, -0.15) is 0 Å². The zero-order valence-electron chi connectivity index (χ0n) is 16.9. The molecule has 2 N–H and O–H groups in total. The summed E-state index contributed by atoms with van der Waals surface area (Å²) < 4.78 is 2.00. The Morgan fingerprint density at radius 3 is 2.54 bits per heavy atom. The molecule has 0 unspecified atom stereocenters. The fourth-order valence-corrected chi connectivity index (χ4v) is 3.22. The molecule has 0 radical (unpaired) electrons. The van der Waals surface area contributed by atoms with Crippen LogP contribution < -0.4 is 10.6 Å². The highest BCUT2D eigenvalue weighted by molar-refractivity contribution is 14.0. The fraction of sp³-hybridized carbons (Fsp3) is 0.842. The largest absolute Gasteiger partial charge is 0.356 e. The molecule has 1 aliphatic rings. The number of nitrogens with zero attached hydrogens (tertiary/aromatic N) is 4. The number of aryl methyl sites for hydroxylation is 1. The molecule has 7 heteroatoms. The van der Waals surface area contributed by atoms with Gasteiger partial charge >= 0.3 is 0 Å². The van der Waals surface area contributed by atoms with Crippen molar-refractivity contribution in [2.24, 2.45) is 18.0 Å². The van der Waals surface area contributed by atoms with E-state index in [0.717, 1.165) is 30.1 Å². The second-order valence-corrected chi connectivity index (χ2v) is 7.68. The van der Waals surface area contributed by atoms with Crippen LogP contribution in [-0.2, 0) is 13.6 Å². The van der Waals surface area contributed by atoms with Crippen LogP contribution in [0.3, 0.4) is 0 Å². The van der Waals surface area contributed by atoms with Gasteiger partial charge in [-0.05, 0) is 32.1 Å². The molecule has 0 spiro atoms. The summed E-state index contributed by atoms with van der Waals surface area (Å²) in [5.74, 6) is 3.54. The van der Waals surface area contributed by atoms with Gasteiger partial charge in [0.2, 0.25) is 0 Å². The van der Waals surface area contributed by atoms with Crippen molar-refractivity contribution in [3.63, 3.8) is 0 Å². The number of nitrogens with one attached hydrogen (secondary N) is 2. The molecule has 150 valence electrons. The van der Waals surface area contributed by atoms with E-state index in [1.54, 1.807) is 0 Å². The maximum absolute atomic E-state index is 4.77. The predicted octanol–water partition coefficient (Wildman–Crippen LogP) is 3.94. The standard InChI is InChI=1S/C19H36N6.HI/c1-15(2)10-8-9-13-20-19(22-17-11-6-5-7-12-17)21-14-18-24-23-16(3)25(18)4;/h15,17H,5-14H2,1-4H3,(H2,20,21,22);1H. The van der Waals surface area contributed by atoms with Gasteiger partial charge in [-0.3, -0.25) is 0 Å². The Kier molecular flexibility index (Phi) is 11.2. The first-order valence-electron chi connectivity index (χ1n) is 9.96. The number of hydrogen-bond donors (Lipinski definition) is 2. The van der Waals surface area contributed by atoms with Gasteiger partial charge in [0.1, 0.15) is 12.4 Å². The molecule has 0 saturated heterocycles. The molecule has 0 amide bonds. The summed E-state index contributed by atoms with van der Waals surface area (Å²) >= 11 is 0. The normalized spacial score (nSPS) is 15.8. The van der Waals surface area contributed by atoms with Crippen LogP contribution in [-0.4, -0.2) is 33.3 Å². The molecule has 0 aromatic carbocycles. The lowest BCUT2D eigenvalue weighted by molar-refractivity contribution is 0.409. The second-order valence-electron chi connectivity index (χ2n) is 7.68. The summed E-state index contributed by atoms with van der Waals surface area (Å²) in [7, 11) is 1.99. The zero-order valence-corrected chi connectivity index (χ0v) is 19.3. The lowest BCUT2D eigenvalue weighted by atomic mass is 9.96. The van der Waals surface area contributed by atoms with E-state index in [1.165, 1.54) is 51.4 Å². The Hall–Kier alpha value is -0.860. The van der Waals surface area contributed by atoms with E-state index < -0.39 is 0 Å². The number of halogens is 1. The fourth-order valence-electron chi connectivity index (χ4n) is 3.22. The van der Waals surface area contributed by atoms with Crippen LogP contribution in [0.4, 0.5) is 0 Å². The highest BCUT2D eigenvalue weighted by Crippen LogP contribution is 2.17. The molecule has 1 saturated carbocycles. The summed E-state index contributed by atoms with van der Waals surface area (Å²) in [6, 6.07) is 0.553. The molecule has 26 heavy (non-hydrogen) atoms. The number of rotatable bonds is 8. The minimum Gasteiger partial charge on any atom is -0.356 e. The van der Waals surface area contributed by atoms with Gasteiger partial charge in [-0.1, -0.05) is 46.0 Å². The summed E-state index contributed by atoms with van der Waals surface area (Å²) in [6.45, 7) is 8.07. The quantitative estimate of drug-likeness (QED) is 0.258. The third-order valence-electron chi connectivity index (χ3n) is 5.01. The van der Waals surface area contributed by atoms with Crippen LogP contribution in [0.25, 0.3) is 0 Å². The van der Waals surface area contributed by atoms with Crippen molar-refractivity contribution in [1.82, 2.24) is 25.4 Å². The number of unbranched alkanes of at least 4 members (excludes halogenated alkanes) is 1. The monoisotopic (exact) mass is 476 g/mol. The smallest absolute Gasteiger partial charge is 0.191 e. The van der Waals surface area contributed by atoms with Crippen molar-refractivity contribution in [2.45, 2.75) is 84.7 Å². The molecule has 2 rings (SSSR count). The van der Waals surface area contributed by atoms with Crippen LogP contribution in [0.2, 0.25) is 0 Å². The van der Waals surface area contributed by atoms with Crippen LogP contribution in [0.1, 0.15) is 76.9 Å². The van der Waals surface area contributed by atoms with Crippen LogP contribution in [0.15, 0.2) is 4.99 Å². The Bertz CT molecular complexity index is 534. The summed E-state index contributed by atoms with van der Waals surface area (Å²) in [5.41, 5.74) is 0. The number of aliphatic imine (C=N–C) groups is 1. The molecule has 1 aromatic heterocycles. The Labute approximate surface area is 176 Å². The molecule has 1 fully saturated rings. The molecule has 0 aliphatic heterocycles. The van der Waals surface area contributed by atoms with E-state index in [4.69, 9.17) is 4.99 Å². The highest BCUT2D eigenvalue weighted by atomic mass is 127. The van der Waals surface area contributed by atoms with Gasteiger partial charge in [-0.25, -0.2) is 4.99 Å². The summed E-state index contributed by atoms with van der Waals surface area (Å²) in [6.07, 6.45) is 10.3. The van der Waals surface area contributed by atoms with E-state index in [0.29, 0.717) is 12.6 Å². The van der Waals surface area contributed by atoms with E-state index in [1.807, 2.05) is 18.5 Å². The minimum atomic E-state index is 0. The molecule has 1 heterocycles. The first-order valence-corrected chi connectivity index (χ1v) is 9.96. The van der Waals surface area contributed by atoms with Gasteiger partial charge in [0, 0.05) is 19.6 Å². The molecule has 1 aromatic rings. The van der Waals surface area contributed by atoms with E-state index in [2.05, 4.69) is 34.7 Å². The lowest BCUT2D eigenvalue weighted by Crippen LogP contribution is -2.44. The number of hydrogen-bond acceptors (Lipinski definition) is 3. The third kappa shape index (κ3) is 8.22. The Morgan fingerprint density at radius 2 is 1.92 bits per heavy atom. The van der Waals surface area contributed by atoms with Crippen molar-refractivity contribution >= 4 is 29.9 Å². The van der Waals surface area contributed by atoms with E-state index >= 15 is 0 Å². The van der Waals surface area contributed by atoms with Gasteiger partial charge in [0.25, 0.3) is 0 Å². The van der Waals surface area contributed by atoms with E-state index in [-0.39, 0.29) is 24.0 Å². The van der Waals surface area contributed by atoms with Gasteiger partial charge in [-0.15, -0.1) is 34.2 Å². The number of guanidine groups is 1. The van der Waals surface area contributed by atoms with Crippen LogP contribution in [0.5, 0.6) is 0 Å². The topological polar surface area (TPSA) is 67.1 Å². The second kappa shape index (κ2) is 12.5. The zero-order chi connectivity index (χ0) is 18.1. The first-order chi connectivity index (χ1) is 12.1. The summed E-state index contributed by atoms with van der Waals surface area (Å²) in [4.78, 5) is 4.77. The Balaban J connectivity index is 0.00000338. The van der Waals surface area contributed by atoms with Crippen molar-refractivity contribution in [1.29, 1.82) is 0 Å². The predicted molar refractivity (Wildman–Crippen MR) is 119 cm³/mol. The first kappa shape index (κ1) is 23.2. The number of aromatic nitrogens is 3. The molecule has 6 nitrogen and oxygen atoms in total. The minimum absolute atomic E-state index is 0. The van der Waals surface area contributed by atoms with Crippen molar-refractivity contribution in [2.75, 3.05) is 6.54 Å². The van der Waals surface area contributed by atoms with Crippen molar-refractivity contribution < 1.29 is 0 Å². The lowest BCUT2D eigenvalue weighted by Gasteiger charge is -2.25. The molecule has 1 aliphatic carbocycles. The molecule has 0 bridgehead atoms. The van der Waals surface area contributed by atoms with E-state index in [9.17, 15) is 0 Å². The van der Waals surface area contributed by atoms with Crippen molar-refractivity contribution in [3.8, 4) is 0 Å². The van der Waals surface area contributed by atoms with Crippen molar-refractivity contribution in [3.05, 3.63) is 11.6 Å². The molecule has 0 atom stereocenters. The maximum atomic E-state index is 4.77. The Morgan fingerprint density at radius 1 is 1.19 bits per heavy atom. The van der Waals surface area contributed by atoms with Gasteiger partial charge in [0.05, 0.1) is 0 Å². The summed E-state index contributed by atoms with van der Waals surface area (Å²) in [5, 5.41) is 15.5. The maximum Gasteiger partial charge on any atom is 0.191 e. The molecular weight excluding hydrogens is 439 g/mol. The average Bonchev–Trinajstić information content (AvgIpc) is 2.91. The molecular formula is C19H37IN6. The van der Waals surface area contributed by atoms with Crippen LogP contribution in [0, 0.1) is 12.8 Å². The SMILES string of the molecule is Cc1nnc(CN=C(NCCCCC(C)C)NC2CCCCC2)n1C.I. The van der Waals surface area contributed by atoms with Gasteiger partial charge in [0.15, 0.2) is 11.8 Å². The van der Waals surface area contributed by atoms with Gasteiger partial charge < -0.3 is 15.2 Å².